The molecule has 0 aromatic heterocycles. The fourth-order valence-electron chi connectivity index (χ4n) is 0.901. The Labute approximate surface area is 75.8 Å². The molecule has 13 heavy (non-hydrogen) atoms. The topological polar surface area (TPSA) is 105 Å². The van der Waals surface area contributed by atoms with Crippen LogP contribution in [-0.2, 0) is 0 Å². The van der Waals surface area contributed by atoms with Crippen molar-refractivity contribution in [1.29, 1.82) is 0 Å². The van der Waals surface area contributed by atoms with E-state index in [2.05, 4.69) is 5.10 Å². The summed E-state index contributed by atoms with van der Waals surface area (Å²) < 4.78 is 0. The summed E-state index contributed by atoms with van der Waals surface area (Å²) >= 11 is 0. The van der Waals surface area contributed by atoms with E-state index >= 15 is 0 Å². The smallest absolute Gasteiger partial charge is 0.423 e. The Morgan fingerprint density at radius 1 is 1.23 bits per heavy atom. The summed E-state index contributed by atoms with van der Waals surface area (Å²) in [4.78, 5) is 0. The first kappa shape index (κ1) is 9.56. The number of benzene rings is 1. The maximum Gasteiger partial charge on any atom is 0.488 e. The van der Waals surface area contributed by atoms with Gasteiger partial charge in [-0.2, -0.15) is 5.10 Å². The maximum atomic E-state index is 8.78. The molecule has 0 radical (unpaired) electrons. The highest BCUT2D eigenvalue weighted by molar-refractivity contribution is 6.58. The van der Waals surface area contributed by atoms with E-state index in [1.165, 1.54) is 12.1 Å². The van der Waals surface area contributed by atoms with E-state index in [1.54, 1.807) is 12.1 Å². The van der Waals surface area contributed by atoms with Gasteiger partial charge >= 0.3 is 7.12 Å². The first-order valence-corrected chi connectivity index (χ1v) is 3.65. The lowest BCUT2D eigenvalue weighted by atomic mass is 9.80. The van der Waals surface area contributed by atoms with Crippen LogP contribution in [0.2, 0.25) is 0 Å². The van der Waals surface area contributed by atoms with E-state index in [-0.39, 0.29) is 5.84 Å². The van der Waals surface area contributed by atoms with Gasteiger partial charge in [-0.3, -0.25) is 0 Å². The van der Waals surface area contributed by atoms with Gasteiger partial charge in [-0.1, -0.05) is 24.3 Å². The molecule has 0 heterocycles. The molecule has 0 atom stereocenters. The van der Waals surface area contributed by atoms with Crippen molar-refractivity contribution in [1.82, 2.24) is 0 Å². The first-order chi connectivity index (χ1) is 6.15. The number of hydrogen-bond acceptors (Lipinski definition) is 4. The van der Waals surface area contributed by atoms with Crippen molar-refractivity contribution >= 4 is 18.4 Å². The molecule has 6 heteroatoms. The molecule has 68 valence electrons. The molecule has 1 aromatic carbocycles. The lowest BCUT2D eigenvalue weighted by Gasteiger charge is -2.01. The number of rotatable bonds is 2. The van der Waals surface area contributed by atoms with Crippen molar-refractivity contribution in [2.45, 2.75) is 0 Å². The second-order valence-electron chi connectivity index (χ2n) is 2.51. The van der Waals surface area contributed by atoms with Gasteiger partial charge in [-0.15, -0.1) is 0 Å². The van der Waals surface area contributed by atoms with Gasteiger partial charge in [0.1, 0.15) is 5.84 Å². The summed E-state index contributed by atoms with van der Waals surface area (Å²) in [6.45, 7) is 0. The van der Waals surface area contributed by atoms with Gasteiger partial charge in [-0.25, -0.2) is 0 Å². The average molecular weight is 179 g/mol. The van der Waals surface area contributed by atoms with Crippen molar-refractivity contribution in [3.8, 4) is 0 Å². The normalized spacial score (nSPS) is 11.4. The van der Waals surface area contributed by atoms with Crippen LogP contribution in [0.15, 0.2) is 29.4 Å². The van der Waals surface area contributed by atoms with Crippen LogP contribution in [0.3, 0.4) is 0 Å². The first-order valence-electron chi connectivity index (χ1n) is 3.65. The fourth-order valence-corrected chi connectivity index (χ4v) is 0.901. The summed E-state index contributed by atoms with van der Waals surface area (Å²) in [5, 5.41) is 20.9. The van der Waals surface area contributed by atoms with E-state index < -0.39 is 7.12 Å². The van der Waals surface area contributed by atoms with Crippen molar-refractivity contribution in [3.05, 3.63) is 29.8 Å². The number of hydrogen-bond donors (Lipinski definition) is 4. The van der Waals surface area contributed by atoms with Crippen LogP contribution in [0, 0.1) is 0 Å². The molecule has 0 aliphatic heterocycles. The van der Waals surface area contributed by atoms with Gasteiger partial charge in [0.2, 0.25) is 0 Å². The zero-order valence-corrected chi connectivity index (χ0v) is 6.88. The highest BCUT2D eigenvalue weighted by Gasteiger charge is 2.09. The van der Waals surface area contributed by atoms with E-state index in [4.69, 9.17) is 21.6 Å². The highest BCUT2D eigenvalue weighted by Crippen LogP contribution is 1.95. The van der Waals surface area contributed by atoms with Gasteiger partial charge in [0.25, 0.3) is 0 Å². The van der Waals surface area contributed by atoms with Crippen molar-refractivity contribution in [2.75, 3.05) is 0 Å². The van der Waals surface area contributed by atoms with Crippen LogP contribution in [0.25, 0.3) is 0 Å². The summed E-state index contributed by atoms with van der Waals surface area (Å²) in [7, 11) is -1.47. The predicted octanol–water partition coefficient (Wildman–Crippen LogP) is -2.05. The molecule has 0 saturated heterocycles. The second kappa shape index (κ2) is 3.93. The second-order valence-corrected chi connectivity index (χ2v) is 2.51. The Hall–Kier alpha value is -1.53. The largest absolute Gasteiger partial charge is 0.488 e. The van der Waals surface area contributed by atoms with Gasteiger partial charge in [0.15, 0.2) is 0 Å². The lowest BCUT2D eigenvalue weighted by Crippen LogP contribution is -2.30. The Morgan fingerprint density at radius 3 is 2.15 bits per heavy atom. The summed E-state index contributed by atoms with van der Waals surface area (Å²) in [6.07, 6.45) is 0. The number of nitrogens with two attached hydrogens (primary N) is 2. The molecular formula is C7H10BN3O2. The third-order valence-corrected chi connectivity index (χ3v) is 1.64. The van der Waals surface area contributed by atoms with Gasteiger partial charge in [0.05, 0.1) is 0 Å². The van der Waals surface area contributed by atoms with Crippen LogP contribution < -0.4 is 17.0 Å². The third-order valence-electron chi connectivity index (χ3n) is 1.64. The van der Waals surface area contributed by atoms with Gasteiger partial charge < -0.3 is 21.6 Å². The monoisotopic (exact) mass is 179 g/mol. The molecule has 0 aliphatic rings. The number of hydrazone groups is 1. The van der Waals surface area contributed by atoms with Gasteiger partial charge in [0, 0.05) is 5.56 Å². The SMILES string of the molecule is N/N=C(\N)c1ccc(B(O)O)cc1. The zero-order chi connectivity index (χ0) is 9.84. The Bertz CT molecular complexity index is 310. The minimum Gasteiger partial charge on any atom is -0.423 e. The van der Waals surface area contributed by atoms with Crippen molar-refractivity contribution < 1.29 is 10.0 Å². The summed E-state index contributed by atoms with van der Waals surface area (Å²) in [6, 6.07) is 6.30. The summed E-state index contributed by atoms with van der Waals surface area (Å²) in [5.74, 6) is 5.17. The lowest BCUT2D eigenvalue weighted by molar-refractivity contribution is 0.426. The zero-order valence-electron chi connectivity index (χ0n) is 6.88. The minimum atomic E-state index is -1.47. The van der Waals surface area contributed by atoms with Crippen LogP contribution in [-0.4, -0.2) is 23.0 Å². The van der Waals surface area contributed by atoms with Crippen LogP contribution >= 0.6 is 0 Å². The average Bonchev–Trinajstić information content (AvgIpc) is 2.17. The molecule has 0 spiro atoms. The summed E-state index contributed by atoms with van der Waals surface area (Å²) in [5.41, 5.74) is 6.46. The van der Waals surface area contributed by atoms with Crippen LogP contribution in [0.4, 0.5) is 0 Å². The molecular weight excluding hydrogens is 169 g/mol. The van der Waals surface area contributed by atoms with Crippen LogP contribution in [0.5, 0.6) is 0 Å². The quantitative estimate of drug-likeness (QED) is 0.138. The molecule has 1 aromatic rings. The maximum absolute atomic E-state index is 8.78. The third kappa shape index (κ3) is 2.20. The molecule has 0 unspecified atom stereocenters. The fraction of sp³-hybridized carbons (Fsp3) is 0. The Kier molecular flexibility index (Phi) is 2.89. The molecule has 0 aliphatic carbocycles. The van der Waals surface area contributed by atoms with Crippen molar-refractivity contribution in [2.24, 2.45) is 16.7 Å². The minimum absolute atomic E-state index is 0.207. The molecule has 0 bridgehead atoms. The van der Waals surface area contributed by atoms with E-state index in [1.807, 2.05) is 0 Å². The Balaban J connectivity index is 2.94. The highest BCUT2D eigenvalue weighted by atomic mass is 16.4. The van der Waals surface area contributed by atoms with Gasteiger partial charge in [-0.05, 0) is 5.46 Å². The number of nitrogens with zero attached hydrogens (tertiary/aromatic N) is 1. The molecule has 6 N–H and O–H groups in total. The predicted molar refractivity (Wildman–Crippen MR) is 51.2 cm³/mol. The van der Waals surface area contributed by atoms with Crippen LogP contribution in [0.1, 0.15) is 5.56 Å². The van der Waals surface area contributed by atoms with E-state index in [9.17, 15) is 0 Å². The molecule has 1 rings (SSSR count). The molecule has 5 nitrogen and oxygen atoms in total. The standard InChI is InChI=1S/C7H10BN3O2/c9-7(11-10)5-1-3-6(4-2-5)8(12)13/h1-4,12-13H,10H2,(H2,9,11). The van der Waals surface area contributed by atoms with E-state index in [0.29, 0.717) is 11.0 Å². The molecule has 0 amide bonds. The molecule has 0 fully saturated rings. The van der Waals surface area contributed by atoms with E-state index in [0.717, 1.165) is 0 Å². The van der Waals surface area contributed by atoms with Crippen molar-refractivity contribution in [3.63, 3.8) is 0 Å². The number of amidine groups is 1. The Morgan fingerprint density at radius 2 is 1.77 bits per heavy atom. The molecule has 0 saturated carbocycles.